The lowest BCUT2D eigenvalue weighted by Gasteiger charge is -2.12. The molecule has 5 nitrogen and oxygen atoms in total. The number of nitrogens with two attached hydrogens (primary N) is 1. The Balaban J connectivity index is 2.18. The highest BCUT2D eigenvalue weighted by Crippen LogP contribution is 2.35. The van der Waals surface area contributed by atoms with Gasteiger partial charge < -0.3 is 15.2 Å². The van der Waals surface area contributed by atoms with Crippen molar-refractivity contribution in [2.45, 2.75) is 0 Å². The van der Waals surface area contributed by atoms with E-state index in [4.69, 9.17) is 15.2 Å². The molecule has 2 N–H and O–H groups in total. The van der Waals surface area contributed by atoms with Gasteiger partial charge in [0.25, 0.3) is 0 Å². The molecule has 0 aliphatic carbocycles. The van der Waals surface area contributed by atoms with Crippen LogP contribution >= 0.6 is 15.9 Å². The molecule has 0 spiro atoms. The molecule has 1 heterocycles. The summed E-state index contributed by atoms with van der Waals surface area (Å²) in [5, 5.41) is 9.51. The first-order valence-electron chi connectivity index (χ1n) is 7.76. The maximum Gasteiger partial charge on any atom is 0.161 e. The Morgan fingerprint density at radius 1 is 0.962 bits per heavy atom. The Hall–Kier alpha value is -3.04. The number of aromatic nitrogens is 1. The molecule has 3 rings (SSSR count). The number of methoxy groups -OCH3 is 2. The van der Waals surface area contributed by atoms with Crippen LogP contribution in [-0.4, -0.2) is 19.2 Å². The fourth-order valence-corrected chi connectivity index (χ4v) is 2.95. The molecule has 0 aliphatic rings. The summed E-state index contributed by atoms with van der Waals surface area (Å²) >= 11 is 3.42. The van der Waals surface area contributed by atoms with Crippen molar-refractivity contribution in [3.63, 3.8) is 0 Å². The van der Waals surface area contributed by atoms with Gasteiger partial charge >= 0.3 is 0 Å². The number of pyridine rings is 1. The predicted molar refractivity (Wildman–Crippen MR) is 105 cm³/mol. The zero-order chi connectivity index (χ0) is 18.7. The SMILES string of the molecule is COc1ccc(-c2cc(-c3ccc(Br)cc3)c(C#N)c(N)n2)cc1OC. The zero-order valence-corrected chi connectivity index (χ0v) is 15.9. The minimum absolute atomic E-state index is 0.192. The van der Waals surface area contributed by atoms with Gasteiger partial charge in [0.05, 0.1) is 19.9 Å². The van der Waals surface area contributed by atoms with Crippen molar-refractivity contribution in [1.29, 1.82) is 5.26 Å². The Kier molecular flexibility index (Phi) is 5.10. The number of hydrogen-bond acceptors (Lipinski definition) is 5. The molecular weight excluding hydrogens is 394 g/mol. The van der Waals surface area contributed by atoms with Crippen LogP contribution in [0.2, 0.25) is 0 Å². The average molecular weight is 410 g/mol. The van der Waals surface area contributed by atoms with Gasteiger partial charge in [0.2, 0.25) is 0 Å². The monoisotopic (exact) mass is 409 g/mol. The van der Waals surface area contributed by atoms with Crippen LogP contribution in [0, 0.1) is 11.3 Å². The van der Waals surface area contributed by atoms with Crippen LogP contribution in [0.4, 0.5) is 5.82 Å². The van der Waals surface area contributed by atoms with Crippen LogP contribution in [-0.2, 0) is 0 Å². The topological polar surface area (TPSA) is 81.2 Å². The molecule has 0 saturated carbocycles. The molecule has 0 aliphatic heterocycles. The molecule has 26 heavy (non-hydrogen) atoms. The number of ether oxygens (including phenoxy) is 2. The van der Waals surface area contributed by atoms with Gasteiger partial charge in [0.1, 0.15) is 17.5 Å². The molecule has 0 amide bonds. The standard InChI is InChI=1S/C20H16BrN3O2/c1-25-18-8-5-13(9-19(18)26-2)17-10-15(16(11-22)20(23)24-17)12-3-6-14(21)7-4-12/h3-10H,1-2H3,(H2,23,24). The minimum atomic E-state index is 0.192. The van der Waals surface area contributed by atoms with Crippen LogP contribution in [0.5, 0.6) is 11.5 Å². The highest BCUT2D eigenvalue weighted by Gasteiger charge is 2.15. The van der Waals surface area contributed by atoms with E-state index in [2.05, 4.69) is 27.0 Å². The van der Waals surface area contributed by atoms with E-state index in [1.54, 1.807) is 14.2 Å². The van der Waals surface area contributed by atoms with Crippen LogP contribution in [0.15, 0.2) is 53.0 Å². The highest BCUT2D eigenvalue weighted by atomic mass is 79.9. The van der Waals surface area contributed by atoms with Crippen LogP contribution in [0.1, 0.15) is 5.56 Å². The summed E-state index contributed by atoms with van der Waals surface area (Å²) in [4.78, 5) is 4.40. The maximum absolute atomic E-state index is 9.51. The van der Waals surface area contributed by atoms with E-state index in [1.165, 1.54) is 0 Å². The Morgan fingerprint density at radius 2 is 1.62 bits per heavy atom. The number of halogens is 1. The fraction of sp³-hybridized carbons (Fsp3) is 0.100. The Labute approximate surface area is 160 Å². The number of rotatable bonds is 4. The zero-order valence-electron chi connectivity index (χ0n) is 14.3. The molecule has 0 saturated heterocycles. The molecule has 0 atom stereocenters. The van der Waals surface area contributed by atoms with Gasteiger partial charge in [-0.1, -0.05) is 28.1 Å². The van der Waals surface area contributed by atoms with Crippen molar-refractivity contribution >= 4 is 21.7 Å². The number of hydrogen-bond donors (Lipinski definition) is 1. The Morgan fingerprint density at radius 3 is 2.23 bits per heavy atom. The van der Waals surface area contributed by atoms with Gasteiger partial charge in [0.15, 0.2) is 11.5 Å². The number of nitrogens with zero attached hydrogens (tertiary/aromatic N) is 2. The van der Waals surface area contributed by atoms with Crippen molar-refractivity contribution in [2.75, 3.05) is 20.0 Å². The van der Waals surface area contributed by atoms with Gasteiger partial charge in [-0.3, -0.25) is 0 Å². The van der Waals surface area contributed by atoms with Gasteiger partial charge in [0, 0.05) is 15.6 Å². The lowest BCUT2D eigenvalue weighted by atomic mass is 9.98. The highest BCUT2D eigenvalue weighted by molar-refractivity contribution is 9.10. The van der Waals surface area contributed by atoms with Crippen molar-refractivity contribution in [1.82, 2.24) is 4.98 Å². The maximum atomic E-state index is 9.51. The van der Waals surface area contributed by atoms with Gasteiger partial charge in [-0.05, 0) is 42.0 Å². The summed E-state index contributed by atoms with van der Waals surface area (Å²) in [6.45, 7) is 0. The van der Waals surface area contributed by atoms with E-state index in [0.717, 1.165) is 21.2 Å². The van der Waals surface area contributed by atoms with Gasteiger partial charge in [-0.2, -0.15) is 5.26 Å². The molecule has 130 valence electrons. The van der Waals surface area contributed by atoms with Crippen molar-refractivity contribution in [3.8, 4) is 40.0 Å². The van der Waals surface area contributed by atoms with E-state index < -0.39 is 0 Å². The third-order valence-electron chi connectivity index (χ3n) is 3.99. The summed E-state index contributed by atoms with van der Waals surface area (Å²) in [6.07, 6.45) is 0. The largest absolute Gasteiger partial charge is 0.493 e. The minimum Gasteiger partial charge on any atom is -0.493 e. The van der Waals surface area contributed by atoms with Crippen LogP contribution in [0.25, 0.3) is 22.4 Å². The first kappa shape index (κ1) is 17.8. The molecule has 1 aromatic heterocycles. The van der Waals surface area contributed by atoms with Crippen LogP contribution < -0.4 is 15.2 Å². The second-order valence-corrected chi connectivity index (χ2v) is 6.42. The number of nitriles is 1. The van der Waals surface area contributed by atoms with E-state index in [-0.39, 0.29) is 5.82 Å². The summed E-state index contributed by atoms with van der Waals surface area (Å²) in [5.41, 5.74) is 9.52. The number of benzene rings is 2. The first-order valence-corrected chi connectivity index (χ1v) is 8.55. The van der Waals surface area contributed by atoms with Gasteiger partial charge in [-0.15, -0.1) is 0 Å². The van der Waals surface area contributed by atoms with Gasteiger partial charge in [-0.25, -0.2) is 4.98 Å². The molecule has 6 heteroatoms. The van der Waals surface area contributed by atoms with Crippen molar-refractivity contribution in [3.05, 3.63) is 58.6 Å². The third-order valence-corrected chi connectivity index (χ3v) is 4.52. The molecule has 0 unspecified atom stereocenters. The molecule has 0 fully saturated rings. The van der Waals surface area contributed by atoms with E-state index in [0.29, 0.717) is 22.8 Å². The molecular formula is C20H16BrN3O2. The molecule has 0 radical (unpaired) electrons. The number of nitrogen functional groups attached to an aromatic ring is 1. The predicted octanol–water partition coefficient (Wildman–Crippen LogP) is 4.65. The normalized spacial score (nSPS) is 10.2. The smallest absolute Gasteiger partial charge is 0.161 e. The second-order valence-electron chi connectivity index (χ2n) is 5.50. The van der Waals surface area contributed by atoms with Crippen molar-refractivity contribution < 1.29 is 9.47 Å². The quantitative estimate of drug-likeness (QED) is 0.677. The summed E-state index contributed by atoms with van der Waals surface area (Å²) in [7, 11) is 3.16. The summed E-state index contributed by atoms with van der Waals surface area (Å²) < 4.78 is 11.6. The summed E-state index contributed by atoms with van der Waals surface area (Å²) in [5.74, 6) is 1.42. The van der Waals surface area contributed by atoms with E-state index >= 15 is 0 Å². The van der Waals surface area contributed by atoms with Crippen molar-refractivity contribution in [2.24, 2.45) is 0 Å². The second kappa shape index (κ2) is 7.46. The number of anilines is 1. The summed E-state index contributed by atoms with van der Waals surface area (Å²) in [6, 6.07) is 17.2. The lowest BCUT2D eigenvalue weighted by molar-refractivity contribution is 0.355. The van der Waals surface area contributed by atoms with E-state index in [1.807, 2.05) is 48.5 Å². The molecule has 0 bridgehead atoms. The third kappa shape index (κ3) is 3.35. The molecule has 2 aromatic carbocycles. The average Bonchev–Trinajstić information content (AvgIpc) is 2.67. The lowest BCUT2D eigenvalue weighted by Crippen LogP contribution is -2.00. The van der Waals surface area contributed by atoms with E-state index in [9.17, 15) is 5.26 Å². The fourth-order valence-electron chi connectivity index (χ4n) is 2.68. The first-order chi connectivity index (χ1) is 12.6. The van der Waals surface area contributed by atoms with Crippen LogP contribution in [0.3, 0.4) is 0 Å². The molecule has 3 aromatic rings. The Bertz CT molecular complexity index is 995.